The molecule has 0 spiro atoms. The van der Waals surface area contributed by atoms with Crippen LogP contribution < -0.4 is 11.1 Å². The maximum Gasteiger partial charge on any atom is 0.193 e. The van der Waals surface area contributed by atoms with Crippen LogP contribution in [-0.4, -0.2) is 16.2 Å². The molecule has 0 unspecified atom stereocenters. The number of aryl methyl sites for hydroxylation is 2. The van der Waals surface area contributed by atoms with Crippen molar-refractivity contribution in [2.75, 3.05) is 5.32 Å². The van der Waals surface area contributed by atoms with E-state index in [4.69, 9.17) is 5.73 Å². The summed E-state index contributed by atoms with van der Waals surface area (Å²) < 4.78 is 0. The molecule has 0 aliphatic rings. The van der Waals surface area contributed by atoms with Crippen molar-refractivity contribution in [1.29, 1.82) is 0 Å². The van der Waals surface area contributed by atoms with E-state index in [9.17, 15) is 0 Å². The third-order valence-corrected chi connectivity index (χ3v) is 2.47. The molecular formula is C13H17N5. The molecule has 5 heteroatoms. The minimum Gasteiger partial charge on any atom is -0.370 e. The molecule has 0 aliphatic carbocycles. The number of hydrogen-bond donors (Lipinski definition) is 3. The zero-order valence-electron chi connectivity index (χ0n) is 10.6. The van der Waals surface area contributed by atoms with Crippen LogP contribution in [0, 0.1) is 13.8 Å². The number of hydrogen-bond acceptors (Lipinski definition) is 2. The van der Waals surface area contributed by atoms with E-state index in [1.165, 1.54) is 11.1 Å². The van der Waals surface area contributed by atoms with Crippen molar-refractivity contribution in [3.05, 3.63) is 47.3 Å². The minimum atomic E-state index is 0.398. The lowest BCUT2D eigenvalue weighted by Gasteiger charge is -2.07. The number of H-pyrrole nitrogens is 1. The Bertz CT molecular complexity index is 522. The molecule has 0 atom stereocenters. The van der Waals surface area contributed by atoms with E-state index in [1.54, 1.807) is 6.20 Å². The van der Waals surface area contributed by atoms with Crippen LogP contribution in [0.15, 0.2) is 35.5 Å². The second-order valence-electron chi connectivity index (χ2n) is 4.28. The number of aromatic amines is 1. The van der Waals surface area contributed by atoms with Gasteiger partial charge in [-0.05, 0) is 43.2 Å². The van der Waals surface area contributed by atoms with Crippen LogP contribution in [0.4, 0.5) is 5.69 Å². The van der Waals surface area contributed by atoms with E-state index in [2.05, 4.69) is 40.4 Å². The monoisotopic (exact) mass is 243 g/mol. The number of guanidine groups is 1. The molecular weight excluding hydrogens is 226 g/mol. The lowest BCUT2D eigenvalue weighted by molar-refractivity contribution is 0.944. The lowest BCUT2D eigenvalue weighted by atomic mass is 10.1. The molecule has 94 valence electrons. The van der Waals surface area contributed by atoms with Gasteiger partial charge in [-0.2, -0.15) is 5.10 Å². The van der Waals surface area contributed by atoms with Gasteiger partial charge in [0.05, 0.1) is 12.2 Å². The summed E-state index contributed by atoms with van der Waals surface area (Å²) in [6.07, 6.45) is 1.69. The molecule has 18 heavy (non-hydrogen) atoms. The van der Waals surface area contributed by atoms with E-state index in [-0.39, 0.29) is 0 Å². The van der Waals surface area contributed by atoms with E-state index in [1.807, 2.05) is 18.2 Å². The number of aliphatic imine (C=N–C) groups is 1. The molecule has 0 fully saturated rings. The Labute approximate surface area is 106 Å². The number of aromatic nitrogens is 2. The molecule has 5 nitrogen and oxygen atoms in total. The van der Waals surface area contributed by atoms with Gasteiger partial charge in [0.2, 0.25) is 0 Å². The van der Waals surface area contributed by atoms with Crippen LogP contribution in [-0.2, 0) is 6.54 Å². The molecule has 0 saturated heterocycles. The molecule has 1 heterocycles. The lowest BCUT2D eigenvalue weighted by Crippen LogP contribution is -2.22. The summed E-state index contributed by atoms with van der Waals surface area (Å²) in [6, 6.07) is 8.05. The second kappa shape index (κ2) is 5.35. The Balaban J connectivity index is 2.02. The predicted molar refractivity (Wildman–Crippen MR) is 73.5 cm³/mol. The van der Waals surface area contributed by atoms with Crippen LogP contribution >= 0.6 is 0 Å². The average molecular weight is 243 g/mol. The van der Waals surface area contributed by atoms with Crippen molar-refractivity contribution in [3.63, 3.8) is 0 Å². The summed E-state index contributed by atoms with van der Waals surface area (Å²) in [5.41, 5.74) is 10.1. The molecule has 0 radical (unpaired) electrons. The van der Waals surface area contributed by atoms with Crippen LogP contribution in [0.1, 0.15) is 16.8 Å². The zero-order chi connectivity index (χ0) is 13.0. The summed E-state index contributed by atoms with van der Waals surface area (Å²) in [4.78, 5) is 4.23. The highest BCUT2D eigenvalue weighted by molar-refractivity contribution is 5.92. The fraction of sp³-hybridized carbons (Fsp3) is 0.231. The Hall–Kier alpha value is -2.30. The van der Waals surface area contributed by atoms with Gasteiger partial charge in [-0.25, -0.2) is 4.99 Å². The largest absolute Gasteiger partial charge is 0.370 e. The van der Waals surface area contributed by atoms with Gasteiger partial charge in [-0.1, -0.05) is 6.07 Å². The molecule has 0 aliphatic heterocycles. The van der Waals surface area contributed by atoms with Crippen molar-refractivity contribution in [2.45, 2.75) is 20.4 Å². The van der Waals surface area contributed by atoms with Gasteiger partial charge in [-0.15, -0.1) is 0 Å². The van der Waals surface area contributed by atoms with Gasteiger partial charge in [0.15, 0.2) is 5.96 Å². The summed E-state index contributed by atoms with van der Waals surface area (Å²) >= 11 is 0. The second-order valence-corrected chi connectivity index (χ2v) is 4.28. The Morgan fingerprint density at radius 1 is 1.33 bits per heavy atom. The highest BCUT2D eigenvalue weighted by Crippen LogP contribution is 2.13. The van der Waals surface area contributed by atoms with Gasteiger partial charge in [0.25, 0.3) is 0 Å². The van der Waals surface area contributed by atoms with Crippen molar-refractivity contribution < 1.29 is 0 Å². The zero-order valence-corrected chi connectivity index (χ0v) is 10.6. The molecule has 2 aromatic rings. The molecule has 0 amide bonds. The molecule has 0 saturated carbocycles. The number of nitrogens with two attached hydrogens (primary N) is 1. The van der Waals surface area contributed by atoms with Crippen molar-refractivity contribution in [1.82, 2.24) is 10.2 Å². The predicted octanol–water partition coefficient (Wildman–Crippen LogP) is 1.95. The smallest absolute Gasteiger partial charge is 0.193 e. The van der Waals surface area contributed by atoms with E-state index in [0.717, 1.165) is 11.4 Å². The van der Waals surface area contributed by atoms with Crippen molar-refractivity contribution >= 4 is 11.6 Å². The standard InChI is InChI=1S/C13H17N5/c1-9-5-10(2)7-12(6-9)17-13(14)15-8-11-3-4-16-18-11/h3-7H,8H2,1-2H3,(H,16,18)(H3,14,15,17). The molecule has 1 aromatic heterocycles. The van der Waals surface area contributed by atoms with E-state index in [0.29, 0.717) is 12.5 Å². The van der Waals surface area contributed by atoms with Gasteiger partial charge in [0.1, 0.15) is 0 Å². The number of nitrogens with one attached hydrogen (secondary N) is 2. The minimum absolute atomic E-state index is 0.398. The number of nitrogens with zero attached hydrogens (tertiary/aromatic N) is 2. The maximum absolute atomic E-state index is 5.83. The highest BCUT2D eigenvalue weighted by atomic mass is 15.1. The third kappa shape index (κ3) is 3.35. The summed E-state index contributed by atoms with van der Waals surface area (Å²) in [6.45, 7) is 4.59. The molecule has 4 N–H and O–H groups in total. The first kappa shape index (κ1) is 12.2. The highest BCUT2D eigenvalue weighted by Gasteiger charge is 1.98. The Morgan fingerprint density at radius 2 is 2.06 bits per heavy atom. The Morgan fingerprint density at radius 3 is 2.67 bits per heavy atom. The van der Waals surface area contributed by atoms with Crippen molar-refractivity contribution in [2.24, 2.45) is 10.7 Å². The average Bonchev–Trinajstić information content (AvgIpc) is 2.77. The first-order chi connectivity index (χ1) is 8.63. The van der Waals surface area contributed by atoms with Gasteiger partial charge in [-0.3, -0.25) is 5.10 Å². The van der Waals surface area contributed by atoms with Gasteiger partial charge < -0.3 is 11.1 Å². The van der Waals surface area contributed by atoms with Crippen LogP contribution in [0.3, 0.4) is 0 Å². The molecule has 2 rings (SSSR count). The number of anilines is 1. The van der Waals surface area contributed by atoms with E-state index < -0.39 is 0 Å². The van der Waals surface area contributed by atoms with Gasteiger partial charge in [0, 0.05) is 11.9 Å². The quantitative estimate of drug-likeness (QED) is 0.569. The number of benzene rings is 1. The van der Waals surface area contributed by atoms with Crippen LogP contribution in [0.2, 0.25) is 0 Å². The van der Waals surface area contributed by atoms with Crippen LogP contribution in [0.25, 0.3) is 0 Å². The van der Waals surface area contributed by atoms with Crippen molar-refractivity contribution in [3.8, 4) is 0 Å². The third-order valence-electron chi connectivity index (χ3n) is 2.47. The topological polar surface area (TPSA) is 79.1 Å². The SMILES string of the molecule is Cc1cc(C)cc(NC(N)=NCc2ccn[nH]2)c1. The maximum atomic E-state index is 5.83. The molecule has 0 bridgehead atoms. The summed E-state index contributed by atoms with van der Waals surface area (Å²) in [5.74, 6) is 0.398. The number of rotatable bonds is 3. The normalized spacial score (nSPS) is 11.6. The Kier molecular flexibility index (Phi) is 3.62. The fourth-order valence-corrected chi connectivity index (χ4v) is 1.78. The summed E-state index contributed by atoms with van der Waals surface area (Å²) in [5, 5.41) is 9.77. The fourth-order valence-electron chi connectivity index (χ4n) is 1.78. The van der Waals surface area contributed by atoms with E-state index >= 15 is 0 Å². The van der Waals surface area contributed by atoms with Crippen LogP contribution in [0.5, 0.6) is 0 Å². The first-order valence-electron chi connectivity index (χ1n) is 5.77. The summed E-state index contributed by atoms with van der Waals surface area (Å²) in [7, 11) is 0. The van der Waals surface area contributed by atoms with Gasteiger partial charge >= 0.3 is 0 Å². The molecule has 1 aromatic carbocycles. The first-order valence-corrected chi connectivity index (χ1v) is 5.77.